The molecule has 0 fully saturated rings. The van der Waals surface area contributed by atoms with E-state index in [4.69, 9.17) is 4.42 Å². The van der Waals surface area contributed by atoms with Crippen molar-refractivity contribution in [2.24, 2.45) is 0 Å². The molecule has 6 heteroatoms. The van der Waals surface area contributed by atoms with E-state index in [0.29, 0.717) is 11.3 Å². The normalized spacial score (nSPS) is 11.3. The van der Waals surface area contributed by atoms with Gasteiger partial charge in [-0.3, -0.25) is 0 Å². The highest BCUT2D eigenvalue weighted by Gasteiger charge is 2.15. The highest BCUT2D eigenvalue weighted by Crippen LogP contribution is 2.30. The van der Waals surface area contributed by atoms with Crippen molar-refractivity contribution in [1.29, 1.82) is 0 Å². The Morgan fingerprint density at radius 1 is 1.03 bits per heavy atom. The minimum atomic E-state index is -0.322. The Labute approximate surface area is 180 Å². The molecule has 2 aromatic heterocycles. The van der Waals surface area contributed by atoms with E-state index in [9.17, 15) is 4.79 Å². The molecule has 0 bridgehead atoms. The first-order chi connectivity index (χ1) is 14.5. The summed E-state index contributed by atoms with van der Waals surface area (Å²) in [7, 11) is 0. The van der Waals surface area contributed by atoms with Crippen LogP contribution in [0, 0.1) is 20.8 Å². The van der Waals surface area contributed by atoms with Crippen LogP contribution in [0.4, 0.5) is 0 Å². The molecule has 0 atom stereocenters. The van der Waals surface area contributed by atoms with Crippen LogP contribution in [0.2, 0.25) is 0 Å². The van der Waals surface area contributed by atoms with Crippen molar-refractivity contribution >= 4 is 22.7 Å². The zero-order chi connectivity index (χ0) is 21.3. The fourth-order valence-corrected chi connectivity index (χ4v) is 4.52. The van der Waals surface area contributed by atoms with Crippen LogP contribution >= 0.6 is 11.8 Å². The lowest BCUT2D eigenvalue weighted by atomic mass is 10.0. The van der Waals surface area contributed by atoms with Crippen molar-refractivity contribution in [2.45, 2.75) is 51.6 Å². The van der Waals surface area contributed by atoms with Gasteiger partial charge in [-0.25, -0.2) is 4.79 Å². The molecule has 154 valence electrons. The third-order valence-electron chi connectivity index (χ3n) is 5.24. The summed E-state index contributed by atoms with van der Waals surface area (Å²) in [5.41, 5.74) is 5.83. The zero-order valence-electron chi connectivity index (χ0n) is 17.7. The van der Waals surface area contributed by atoms with Gasteiger partial charge in [-0.05, 0) is 62.1 Å². The molecule has 0 aliphatic heterocycles. The SMILES string of the molecule is CCCn1c(SCc2cc(=O)oc3cc(C)c(C)cc23)nnc1-c1cccc(C)c1. The summed E-state index contributed by atoms with van der Waals surface area (Å²) in [5, 5.41) is 10.8. The van der Waals surface area contributed by atoms with Crippen molar-refractivity contribution < 1.29 is 4.42 Å². The summed E-state index contributed by atoms with van der Waals surface area (Å²) in [6, 6.07) is 13.9. The maximum atomic E-state index is 12.1. The molecular weight excluding hydrogens is 394 g/mol. The van der Waals surface area contributed by atoms with Crippen molar-refractivity contribution in [3.05, 3.63) is 75.1 Å². The van der Waals surface area contributed by atoms with Crippen LogP contribution in [0.15, 0.2) is 56.8 Å². The first kappa shape index (κ1) is 20.4. The van der Waals surface area contributed by atoms with Crippen molar-refractivity contribution in [3.63, 3.8) is 0 Å². The van der Waals surface area contributed by atoms with Gasteiger partial charge in [0.1, 0.15) is 5.58 Å². The monoisotopic (exact) mass is 419 g/mol. The van der Waals surface area contributed by atoms with Gasteiger partial charge < -0.3 is 8.98 Å². The second-order valence-corrected chi connectivity index (χ2v) is 8.58. The van der Waals surface area contributed by atoms with Gasteiger partial charge in [0.25, 0.3) is 0 Å². The van der Waals surface area contributed by atoms with Crippen LogP contribution in [0.3, 0.4) is 0 Å². The van der Waals surface area contributed by atoms with E-state index in [1.165, 1.54) is 11.1 Å². The molecule has 0 spiro atoms. The van der Waals surface area contributed by atoms with Gasteiger partial charge in [0.05, 0.1) is 0 Å². The van der Waals surface area contributed by atoms with E-state index < -0.39 is 0 Å². The second kappa shape index (κ2) is 8.48. The van der Waals surface area contributed by atoms with Crippen molar-refractivity contribution in [1.82, 2.24) is 14.8 Å². The van der Waals surface area contributed by atoms with Gasteiger partial charge >= 0.3 is 5.63 Å². The first-order valence-electron chi connectivity index (χ1n) is 10.1. The second-order valence-electron chi connectivity index (χ2n) is 7.64. The number of aryl methyl sites for hydroxylation is 3. The van der Waals surface area contributed by atoms with E-state index in [-0.39, 0.29) is 5.63 Å². The third-order valence-corrected chi connectivity index (χ3v) is 6.26. The minimum Gasteiger partial charge on any atom is -0.423 e. The highest BCUT2D eigenvalue weighted by atomic mass is 32.2. The topological polar surface area (TPSA) is 60.9 Å². The summed E-state index contributed by atoms with van der Waals surface area (Å²) < 4.78 is 7.60. The van der Waals surface area contributed by atoms with Crippen LogP contribution in [-0.4, -0.2) is 14.8 Å². The number of benzene rings is 2. The Balaban J connectivity index is 1.69. The van der Waals surface area contributed by atoms with Crippen LogP contribution < -0.4 is 5.63 Å². The fraction of sp³-hybridized carbons (Fsp3) is 0.292. The Morgan fingerprint density at radius 2 is 1.83 bits per heavy atom. The van der Waals surface area contributed by atoms with Gasteiger partial charge in [-0.1, -0.05) is 42.4 Å². The molecule has 4 aromatic rings. The number of aromatic nitrogens is 3. The molecule has 0 N–H and O–H groups in total. The lowest BCUT2D eigenvalue weighted by Gasteiger charge is -2.10. The maximum Gasteiger partial charge on any atom is 0.336 e. The summed E-state index contributed by atoms with van der Waals surface area (Å²) in [6.45, 7) is 9.17. The van der Waals surface area contributed by atoms with Crippen LogP contribution in [-0.2, 0) is 12.3 Å². The van der Waals surface area contributed by atoms with E-state index >= 15 is 0 Å². The molecule has 0 unspecified atom stereocenters. The molecule has 30 heavy (non-hydrogen) atoms. The van der Waals surface area contributed by atoms with Crippen molar-refractivity contribution in [2.75, 3.05) is 0 Å². The summed E-state index contributed by atoms with van der Waals surface area (Å²) >= 11 is 1.60. The van der Waals surface area contributed by atoms with E-state index in [2.05, 4.69) is 59.8 Å². The predicted octanol–water partition coefficient (Wildman–Crippen LogP) is 5.68. The molecule has 0 saturated carbocycles. The van der Waals surface area contributed by atoms with Crippen LogP contribution in [0.1, 0.15) is 35.6 Å². The average Bonchev–Trinajstić information content (AvgIpc) is 3.10. The lowest BCUT2D eigenvalue weighted by molar-refractivity contribution is 0.559. The standard InChI is InChI=1S/C24H25N3O2S/c1-5-9-27-23(18-8-6-7-15(2)10-18)25-26-24(27)30-14-19-13-22(28)29-21-12-17(4)16(3)11-20(19)21/h6-8,10-13H,5,9,14H2,1-4H3. The molecule has 5 nitrogen and oxygen atoms in total. The molecule has 0 amide bonds. The minimum absolute atomic E-state index is 0.322. The third kappa shape index (κ3) is 4.05. The molecule has 0 aliphatic carbocycles. The average molecular weight is 420 g/mol. The summed E-state index contributed by atoms with van der Waals surface area (Å²) in [4.78, 5) is 12.1. The number of hydrogen-bond donors (Lipinski definition) is 0. The molecule has 4 rings (SSSR count). The maximum absolute atomic E-state index is 12.1. The van der Waals surface area contributed by atoms with Crippen LogP contribution in [0.25, 0.3) is 22.4 Å². The van der Waals surface area contributed by atoms with Crippen LogP contribution in [0.5, 0.6) is 0 Å². The van der Waals surface area contributed by atoms with Gasteiger partial charge in [0.2, 0.25) is 0 Å². The van der Waals surface area contributed by atoms with E-state index in [0.717, 1.165) is 46.0 Å². The number of nitrogens with zero attached hydrogens (tertiary/aromatic N) is 3. The Bertz CT molecular complexity index is 1270. The number of hydrogen-bond acceptors (Lipinski definition) is 5. The highest BCUT2D eigenvalue weighted by molar-refractivity contribution is 7.98. The Morgan fingerprint density at radius 3 is 2.60 bits per heavy atom. The van der Waals surface area contributed by atoms with Gasteiger partial charge in [-0.15, -0.1) is 10.2 Å². The molecule has 0 saturated heterocycles. The largest absolute Gasteiger partial charge is 0.423 e. The molecule has 0 radical (unpaired) electrons. The van der Waals surface area contributed by atoms with Gasteiger partial charge in [0.15, 0.2) is 11.0 Å². The summed E-state index contributed by atoms with van der Waals surface area (Å²) in [6.07, 6.45) is 0.987. The Hall–Kier alpha value is -2.86. The molecule has 0 aliphatic rings. The zero-order valence-corrected chi connectivity index (χ0v) is 18.5. The Kier molecular flexibility index (Phi) is 5.77. The first-order valence-corrected chi connectivity index (χ1v) is 11.1. The number of thioether (sulfide) groups is 1. The van der Waals surface area contributed by atoms with Crippen molar-refractivity contribution in [3.8, 4) is 11.4 Å². The molecule has 2 heterocycles. The van der Waals surface area contributed by atoms with Gasteiger partial charge in [-0.2, -0.15) is 0 Å². The van der Waals surface area contributed by atoms with Gasteiger partial charge in [0, 0.05) is 29.3 Å². The van der Waals surface area contributed by atoms with E-state index in [1.54, 1.807) is 17.8 Å². The lowest BCUT2D eigenvalue weighted by Crippen LogP contribution is -2.03. The predicted molar refractivity (Wildman–Crippen MR) is 122 cm³/mol. The molecular formula is C24H25N3O2S. The summed E-state index contributed by atoms with van der Waals surface area (Å²) in [5.74, 6) is 1.51. The van der Waals surface area contributed by atoms with E-state index in [1.807, 2.05) is 19.1 Å². The molecule has 2 aromatic carbocycles. The quantitative estimate of drug-likeness (QED) is 0.297. The number of rotatable bonds is 6. The smallest absolute Gasteiger partial charge is 0.336 e. The fourth-order valence-electron chi connectivity index (χ4n) is 3.56. The number of fused-ring (bicyclic) bond motifs is 1.